The van der Waals surface area contributed by atoms with Crippen molar-refractivity contribution in [1.82, 2.24) is 0 Å². The van der Waals surface area contributed by atoms with Gasteiger partial charge in [-0.3, -0.25) is 0 Å². The van der Waals surface area contributed by atoms with Crippen molar-refractivity contribution >= 4 is 33.4 Å². The molecule has 0 saturated heterocycles. The third-order valence-electron chi connectivity index (χ3n) is 6.06. The minimum absolute atomic E-state index is 0.0962. The lowest BCUT2D eigenvalue weighted by atomic mass is 9.66. The quantitative estimate of drug-likeness (QED) is 0.674. The second kappa shape index (κ2) is 5.69. The Morgan fingerprint density at radius 3 is 2.88 bits per heavy atom. The van der Waals surface area contributed by atoms with E-state index in [-0.39, 0.29) is 17.4 Å². The van der Waals surface area contributed by atoms with Crippen LogP contribution < -0.4 is 10.1 Å². The third-order valence-corrected chi connectivity index (χ3v) is 7.89. The topological polar surface area (TPSA) is 44.3 Å². The molecule has 26 heavy (non-hydrogen) atoms. The molecule has 5 rings (SSSR count). The molecule has 0 saturated carbocycles. The van der Waals surface area contributed by atoms with Gasteiger partial charge in [0, 0.05) is 27.6 Å². The molecule has 2 aromatic carbocycles. The SMILES string of the molecule is CC1(C)c2ccc(Cl)cc2NC2C3=C(c4ccccc4OC3)[S+]([O-])CC21. The van der Waals surface area contributed by atoms with Gasteiger partial charge in [0.2, 0.25) is 0 Å². The number of anilines is 1. The van der Waals surface area contributed by atoms with Crippen LogP contribution >= 0.6 is 11.6 Å². The van der Waals surface area contributed by atoms with Crippen molar-refractivity contribution in [3.05, 3.63) is 64.2 Å². The second-order valence-corrected chi connectivity index (χ2v) is 9.66. The highest BCUT2D eigenvalue weighted by Crippen LogP contribution is 2.52. The Hall–Kier alpha value is -1.62. The van der Waals surface area contributed by atoms with Crippen molar-refractivity contribution in [1.29, 1.82) is 0 Å². The molecule has 5 heteroatoms. The van der Waals surface area contributed by atoms with Gasteiger partial charge in [0.25, 0.3) is 0 Å². The van der Waals surface area contributed by atoms with Crippen LogP contribution in [0, 0.1) is 5.92 Å². The fourth-order valence-electron chi connectivity index (χ4n) is 4.64. The van der Waals surface area contributed by atoms with Gasteiger partial charge in [-0.15, -0.1) is 0 Å². The van der Waals surface area contributed by atoms with Crippen molar-refractivity contribution in [3.63, 3.8) is 0 Å². The predicted molar refractivity (Wildman–Crippen MR) is 107 cm³/mol. The summed E-state index contributed by atoms with van der Waals surface area (Å²) in [7, 11) is 0. The van der Waals surface area contributed by atoms with Crippen molar-refractivity contribution in [2.45, 2.75) is 25.3 Å². The molecule has 0 spiro atoms. The summed E-state index contributed by atoms with van der Waals surface area (Å²) in [4.78, 5) is 0.960. The maximum Gasteiger partial charge on any atom is 0.168 e. The average Bonchev–Trinajstić information content (AvgIpc) is 2.62. The summed E-state index contributed by atoms with van der Waals surface area (Å²) >= 11 is 5.22. The van der Waals surface area contributed by atoms with Crippen LogP contribution in [0.2, 0.25) is 5.02 Å². The van der Waals surface area contributed by atoms with Crippen LogP contribution in [0.1, 0.15) is 25.0 Å². The van der Waals surface area contributed by atoms with Gasteiger partial charge >= 0.3 is 0 Å². The minimum Gasteiger partial charge on any atom is -0.611 e. The maximum absolute atomic E-state index is 13.2. The summed E-state index contributed by atoms with van der Waals surface area (Å²) in [6, 6.07) is 14.1. The van der Waals surface area contributed by atoms with Crippen LogP contribution in [0.15, 0.2) is 48.0 Å². The number of hydrogen-bond donors (Lipinski definition) is 1. The first-order valence-electron chi connectivity index (χ1n) is 8.87. The van der Waals surface area contributed by atoms with Crippen LogP contribution in [-0.4, -0.2) is 23.0 Å². The van der Waals surface area contributed by atoms with Crippen LogP contribution in [0.5, 0.6) is 5.75 Å². The highest BCUT2D eigenvalue weighted by Gasteiger charge is 2.52. The molecule has 0 amide bonds. The number of para-hydroxylation sites is 1. The minimum atomic E-state index is -1.03. The maximum atomic E-state index is 13.2. The van der Waals surface area contributed by atoms with Crippen LogP contribution in [0.4, 0.5) is 5.69 Å². The molecule has 0 aromatic heterocycles. The molecule has 3 nitrogen and oxygen atoms in total. The van der Waals surface area contributed by atoms with E-state index in [1.807, 2.05) is 36.4 Å². The molecule has 3 atom stereocenters. The zero-order chi connectivity index (χ0) is 18.1. The predicted octanol–water partition coefficient (Wildman–Crippen LogP) is 4.59. The number of hydrogen-bond acceptors (Lipinski definition) is 3. The Balaban J connectivity index is 1.69. The Morgan fingerprint density at radius 2 is 2.04 bits per heavy atom. The summed E-state index contributed by atoms with van der Waals surface area (Å²) in [6.45, 7) is 4.98. The number of benzene rings is 2. The first kappa shape index (κ1) is 16.5. The summed E-state index contributed by atoms with van der Waals surface area (Å²) in [5.41, 5.74) is 4.31. The second-order valence-electron chi connectivity index (χ2n) is 7.79. The molecule has 0 bridgehead atoms. The van der Waals surface area contributed by atoms with Gasteiger partial charge in [-0.05, 0) is 41.0 Å². The number of fused-ring (bicyclic) bond motifs is 5. The highest BCUT2D eigenvalue weighted by molar-refractivity contribution is 8.00. The number of ether oxygens (including phenoxy) is 1. The van der Waals surface area contributed by atoms with E-state index in [9.17, 15) is 4.55 Å². The number of halogens is 1. The first-order chi connectivity index (χ1) is 12.5. The van der Waals surface area contributed by atoms with Gasteiger partial charge in [0.05, 0.1) is 11.6 Å². The summed E-state index contributed by atoms with van der Waals surface area (Å²) in [6.07, 6.45) is 0. The van der Waals surface area contributed by atoms with E-state index in [1.165, 1.54) is 5.56 Å². The van der Waals surface area contributed by atoms with E-state index in [0.717, 1.165) is 32.5 Å². The Labute approximate surface area is 161 Å². The molecule has 0 fully saturated rings. The van der Waals surface area contributed by atoms with E-state index in [4.69, 9.17) is 16.3 Å². The monoisotopic (exact) mass is 385 g/mol. The van der Waals surface area contributed by atoms with E-state index in [1.54, 1.807) is 0 Å². The average molecular weight is 386 g/mol. The van der Waals surface area contributed by atoms with Crippen LogP contribution in [-0.2, 0) is 16.6 Å². The van der Waals surface area contributed by atoms with E-state index in [0.29, 0.717) is 12.4 Å². The molecular formula is C21H20ClNO2S. The van der Waals surface area contributed by atoms with Gasteiger partial charge in [-0.25, -0.2) is 0 Å². The molecule has 3 heterocycles. The molecule has 1 N–H and O–H groups in total. The molecule has 134 valence electrons. The fraction of sp³-hybridized carbons (Fsp3) is 0.333. The standard InChI is InChI=1S/C21H20ClNO2S/c1-21(2)15-8-7-12(22)9-17(15)23-19-14-10-25-18-6-4-3-5-13(18)20(14)26(24)11-16(19)21/h3-9,16,19,23H,10-11H2,1-2H3. The third kappa shape index (κ3) is 2.25. The molecule has 3 aliphatic rings. The summed E-state index contributed by atoms with van der Waals surface area (Å²) in [5, 5.41) is 4.42. The van der Waals surface area contributed by atoms with E-state index in [2.05, 4.69) is 25.2 Å². The lowest BCUT2D eigenvalue weighted by Crippen LogP contribution is -2.54. The molecule has 3 unspecified atom stereocenters. The smallest absolute Gasteiger partial charge is 0.168 e. The fourth-order valence-corrected chi connectivity index (χ4v) is 6.80. The van der Waals surface area contributed by atoms with Gasteiger partial charge in [-0.2, -0.15) is 0 Å². The lowest BCUT2D eigenvalue weighted by molar-refractivity contribution is 0.278. The van der Waals surface area contributed by atoms with Gasteiger partial charge in [0.15, 0.2) is 4.91 Å². The summed E-state index contributed by atoms with van der Waals surface area (Å²) in [5.74, 6) is 1.72. The summed E-state index contributed by atoms with van der Waals surface area (Å²) < 4.78 is 19.3. The lowest BCUT2D eigenvalue weighted by Gasteiger charge is -2.49. The first-order valence-corrected chi connectivity index (χ1v) is 10.6. The van der Waals surface area contributed by atoms with Gasteiger partial charge in [0.1, 0.15) is 18.1 Å². The van der Waals surface area contributed by atoms with Crippen LogP contribution in [0.25, 0.3) is 4.91 Å². The van der Waals surface area contributed by atoms with Crippen molar-refractivity contribution in [3.8, 4) is 5.75 Å². The Kier molecular flexibility index (Phi) is 3.62. The molecule has 2 aromatic rings. The van der Waals surface area contributed by atoms with Gasteiger partial charge in [-0.1, -0.05) is 43.6 Å². The van der Waals surface area contributed by atoms with Crippen LogP contribution in [0.3, 0.4) is 0 Å². The zero-order valence-electron chi connectivity index (χ0n) is 14.7. The van der Waals surface area contributed by atoms with E-state index >= 15 is 0 Å². The normalized spacial score (nSPS) is 28.1. The van der Waals surface area contributed by atoms with E-state index < -0.39 is 11.2 Å². The van der Waals surface area contributed by atoms with Crippen molar-refractivity contribution in [2.24, 2.45) is 5.92 Å². The highest BCUT2D eigenvalue weighted by atomic mass is 35.5. The largest absolute Gasteiger partial charge is 0.611 e. The molecule has 0 radical (unpaired) electrons. The Morgan fingerprint density at radius 1 is 1.23 bits per heavy atom. The molecular weight excluding hydrogens is 366 g/mol. The van der Waals surface area contributed by atoms with Crippen molar-refractivity contribution in [2.75, 3.05) is 17.7 Å². The number of rotatable bonds is 0. The molecule has 3 aliphatic heterocycles. The zero-order valence-corrected chi connectivity index (χ0v) is 16.3. The van der Waals surface area contributed by atoms with Gasteiger partial charge < -0.3 is 14.6 Å². The van der Waals surface area contributed by atoms with Crippen molar-refractivity contribution < 1.29 is 9.29 Å². The Bertz CT molecular complexity index is 939. The number of nitrogens with one attached hydrogen (secondary N) is 1. The molecule has 0 aliphatic carbocycles.